The fourth-order valence-corrected chi connectivity index (χ4v) is 3.93. The van der Waals surface area contributed by atoms with Gasteiger partial charge in [-0.05, 0) is 24.3 Å². The first-order valence-electron chi connectivity index (χ1n) is 7.81. The number of rotatable bonds is 5. The van der Waals surface area contributed by atoms with Crippen LogP contribution in [-0.4, -0.2) is 25.6 Å². The van der Waals surface area contributed by atoms with E-state index >= 15 is 0 Å². The number of fused-ring (bicyclic) bond motifs is 1. The van der Waals surface area contributed by atoms with Crippen LogP contribution in [-0.2, 0) is 0 Å². The van der Waals surface area contributed by atoms with E-state index in [9.17, 15) is 0 Å². The van der Waals surface area contributed by atoms with Gasteiger partial charge in [-0.2, -0.15) is 0 Å². The lowest BCUT2D eigenvalue weighted by Crippen LogP contribution is -2.39. The van der Waals surface area contributed by atoms with Crippen molar-refractivity contribution in [2.45, 2.75) is 38.0 Å². The Labute approximate surface area is 126 Å². The molecular formula is C17H24ClNO. The molecule has 2 aliphatic rings. The maximum absolute atomic E-state index is 6.25. The Morgan fingerprint density at radius 2 is 2.00 bits per heavy atom. The number of alkyl halides is 1. The van der Waals surface area contributed by atoms with E-state index in [1.54, 1.807) is 0 Å². The first-order chi connectivity index (χ1) is 9.83. The van der Waals surface area contributed by atoms with Crippen LogP contribution in [0.4, 0.5) is 0 Å². The minimum absolute atomic E-state index is 0.332. The van der Waals surface area contributed by atoms with Gasteiger partial charge in [0.2, 0.25) is 0 Å². The van der Waals surface area contributed by atoms with Gasteiger partial charge < -0.3 is 10.1 Å². The molecule has 20 heavy (non-hydrogen) atoms. The Bertz CT molecular complexity index is 442. The van der Waals surface area contributed by atoms with Crippen LogP contribution < -0.4 is 10.1 Å². The highest BCUT2D eigenvalue weighted by atomic mass is 35.5. The third-order valence-electron chi connectivity index (χ3n) is 4.89. The molecule has 1 atom stereocenters. The van der Waals surface area contributed by atoms with E-state index in [1.807, 2.05) is 6.07 Å². The first-order valence-corrected chi connectivity index (χ1v) is 8.35. The molecule has 1 fully saturated rings. The number of hydrogen-bond acceptors (Lipinski definition) is 2. The molecule has 1 unspecified atom stereocenters. The zero-order valence-electron chi connectivity index (χ0n) is 12.0. The fraction of sp³-hybridized carbons (Fsp3) is 0.647. The highest BCUT2D eigenvalue weighted by Gasteiger charge is 2.31. The second-order valence-corrected chi connectivity index (χ2v) is 6.64. The molecule has 0 spiro atoms. The quantitative estimate of drug-likeness (QED) is 0.830. The van der Waals surface area contributed by atoms with Crippen molar-refractivity contribution in [2.24, 2.45) is 5.41 Å². The maximum atomic E-state index is 6.25. The van der Waals surface area contributed by atoms with Crippen LogP contribution in [0.25, 0.3) is 0 Å². The van der Waals surface area contributed by atoms with Gasteiger partial charge in [0, 0.05) is 30.5 Å². The predicted octanol–water partition coefficient (Wildman–Crippen LogP) is 3.94. The van der Waals surface area contributed by atoms with Crippen molar-refractivity contribution in [2.75, 3.05) is 25.6 Å². The normalized spacial score (nSPS) is 24.1. The standard InChI is InChI=1S/C17H24ClNO/c18-12-17(8-4-1-5-9-17)13-19-10-14-11-20-16-7-3-2-6-15(14)16/h2-3,6-7,14,19H,1,4-5,8-13H2. The van der Waals surface area contributed by atoms with E-state index in [-0.39, 0.29) is 0 Å². The fourth-order valence-electron chi connectivity index (χ4n) is 3.57. The molecule has 3 rings (SSSR count). The second-order valence-electron chi connectivity index (χ2n) is 6.37. The van der Waals surface area contributed by atoms with E-state index in [0.29, 0.717) is 11.3 Å². The number of para-hydroxylation sites is 1. The lowest BCUT2D eigenvalue weighted by atomic mass is 9.75. The molecule has 1 aliphatic carbocycles. The number of halogens is 1. The molecule has 3 heteroatoms. The number of hydrogen-bond donors (Lipinski definition) is 1. The molecule has 1 aromatic carbocycles. The van der Waals surface area contributed by atoms with Crippen molar-refractivity contribution in [1.82, 2.24) is 5.32 Å². The van der Waals surface area contributed by atoms with Crippen molar-refractivity contribution in [3.63, 3.8) is 0 Å². The van der Waals surface area contributed by atoms with Gasteiger partial charge in [-0.15, -0.1) is 11.6 Å². The molecule has 0 aromatic heterocycles. The van der Waals surface area contributed by atoms with Crippen LogP contribution in [0, 0.1) is 5.41 Å². The summed E-state index contributed by atoms with van der Waals surface area (Å²) in [4.78, 5) is 0. The third-order valence-corrected chi connectivity index (χ3v) is 5.45. The van der Waals surface area contributed by atoms with Crippen LogP contribution in [0.3, 0.4) is 0 Å². The van der Waals surface area contributed by atoms with Crippen LogP contribution in [0.15, 0.2) is 24.3 Å². The predicted molar refractivity (Wildman–Crippen MR) is 83.8 cm³/mol. The summed E-state index contributed by atoms with van der Waals surface area (Å²) in [5.74, 6) is 2.34. The lowest BCUT2D eigenvalue weighted by molar-refractivity contribution is 0.209. The lowest BCUT2D eigenvalue weighted by Gasteiger charge is -2.36. The number of nitrogens with one attached hydrogen (secondary N) is 1. The van der Waals surface area contributed by atoms with Crippen molar-refractivity contribution in [3.8, 4) is 5.75 Å². The Kier molecular flexibility index (Phi) is 4.52. The topological polar surface area (TPSA) is 21.3 Å². The monoisotopic (exact) mass is 293 g/mol. The maximum Gasteiger partial charge on any atom is 0.122 e. The summed E-state index contributed by atoms with van der Waals surface area (Å²) in [5, 5.41) is 3.67. The molecule has 1 saturated carbocycles. The Morgan fingerprint density at radius 3 is 2.80 bits per heavy atom. The van der Waals surface area contributed by atoms with Crippen LogP contribution >= 0.6 is 11.6 Å². The highest BCUT2D eigenvalue weighted by Crippen LogP contribution is 2.37. The highest BCUT2D eigenvalue weighted by molar-refractivity contribution is 6.18. The summed E-state index contributed by atoms with van der Waals surface area (Å²) < 4.78 is 5.74. The molecule has 0 amide bonds. The van der Waals surface area contributed by atoms with Gasteiger partial charge in [-0.1, -0.05) is 37.5 Å². The number of benzene rings is 1. The molecule has 1 aliphatic heterocycles. The van der Waals surface area contributed by atoms with Crippen molar-refractivity contribution in [3.05, 3.63) is 29.8 Å². The Morgan fingerprint density at radius 1 is 1.20 bits per heavy atom. The van der Waals surface area contributed by atoms with Gasteiger partial charge in [-0.3, -0.25) is 0 Å². The second kappa shape index (κ2) is 6.36. The minimum atomic E-state index is 0.332. The average molecular weight is 294 g/mol. The zero-order chi connectivity index (χ0) is 13.8. The molecule has 0 bridgehead atoms. The molecule has 1 N–H and O–H groups in total. The summed E-state index contributed by atoms with van der Waals surface area (Å²) >= 11 is 6.25. The van der Waals surface area contributed by atoms with E-state index in [2.05, 4.69) is 23.5 Å². The van der Waals surface area contributed by atoms with Crippen molar-refractivity contribution >= 4 is 11.6 Å². The molecule has 1 heterocycles. The van der Waals surface area contributed by atoms with Crippen molar-refractivity contribution in [1.29, 1.82) is 0 Å². The molecule has 110 valence electrons. The van der Waals surface area contributed by atoms with E-state index in [0.717, 1.165) is 31.3 Å². The van der Waals surface area contributed by atoms with Gasteiger partial charge >= 0.3 is 0 Å². The molecule has 2 nitrogen and oxygen atoms in total. The van der Waals surface area contributed by atoms with E-state index in [1.165, 1.54) is 37.7 Å². The van der Waals surface area contributed by atoms with Gasteiger partial charge in [-0.25, -0.2) is 0 Å². The summed E-state index contributed by atoms with van der Waals surface area (Å²) in [6.07, 6.45) is 6.61. The van der Waals surface area contributed by atoms with Gasteiger partial charge in [0.25, 0.3) is 0 Å². The van der Waals surface area contributed by atoms with E-state index < -0.39 is 0 Å². The third kappa shape index (κ3) is 2.96. The zero-order valence-corrected chi connectivity index (χ0v) is 12.8. The van der Waals surface area contributed by atoms with Crippen molar-refractivity contribution < 1.29 is 4.74 Å². The van der Waals surface area contributed by atoms with Gasteiger partial charge in [0.1, 0.15) is 5.75 Å². The van der Waals surface area contributed by atoms with Crippen LogP contribution in [0.5, 0.6) is 5.75 Å². The van der Waals surface area contributed by atoms with Gasteiger partial charge in [0.15, 0.2) is 0 Å². The smallest absolute Gasteiger partial charge is 0.122 e. The average Bonchev–Trinajstić information content (AvgIpc) is 2.92. The Hall–Kier alpha value is -0.730. The number of ether oxygens (including phenoxy) is 1. The molecule has 0 saturated heterocycles. The van der Waals surface area contributed by atoms with Gasteiger partial charge in [0.05, 0.1) is 6.61 Å². The molecular weight excluding hydrogens is 270 g/mol. The Balaban J connectivity index is 1.53. The summed E-state index contributed by atoms with van der Waals surface area (Å²) in [5.41, 5.74) is 1.68. The van der Waals surface area contributed by atoms with Crippen LogP contribution in [0.1, 0.15) is 43.6 Å². The van der Waals surface area contributed by atoms with E-state index in [4.69, 9.17) is 16.3 Å². The molecule has 1 aromatic rings. The minimum Gasteiger partial charge on any atom is -0.493 e. The van der Waals surface area contributed by atoms with Crippen LogP contribution in [0.2, 0.25) is 0 Å². The first kappa shape index (κ1) is 14.2. The largest absolute Gasteiger partial charge is 0.493 e. The summed E-state index contributed by atoms with van der Waals surface area (Å²) in [7, 11) is 0. The SMILES string of the molecule is ClCC1(CNCC2COc3ccccc32)CCCCC1. The summed E-state index contributed by atoms with van der Waals surface area (Å²) in [6, 6.07) is 8.39. The molecule has 0 radical (unpaired) electrons. The summed E-state index contributed by atoms with van der Waals surface area (Å²) in [6.45, 7) is 2.85.